The van der Waals surface area contributed by atoms with Gasteiger partial charge in [-0.15, -0.1) is 11.8 Å². The summed E-state index contributed by atoms with van der Waals surface area (Å²) in [7, 11) is 0. The minimum Gasteiger partial charge on any atom is -0.358 e. The largest absolute Gasteiger partial charge is 0.358 e. The van der Waals surface area contributed by atoms with Crippen LogP contribution < -0.4 is 5.32 Å². The van der Waals surface area contributed by atoms with Gasteiger partial charge in [0.2, 0.25) is 0 Å². The molecular formula is C18H15ClFNOS. The van der Waals surface area contributed by atoms with Gasteiger partial charge in [0, 0.05) is 21.2 Å². The lowest BCUT2D eigenvalue weighted by Gasteiger charge is -2.18. The SMILES string of the molecule is CC(=O)C1=C(C)Nc2cc(Cl)ccc2SC1c1ccc(F)cc1. The van der Waals surface area contributed by atoms with Crippen LogP contribution in [0.3, 0.4) is 0 Å². The van der Waals surface area contributed by atoms with E-state index < -0.39 is 0 Å². The quantitative estimate of drug-likeness (QED) is 0.766. The monoisotopic (exact) mass is 347 g/mol. The summed E-state index contributed by atoms with van der Waals surface area (Å²) in [6, 6.07) is 11.9. The smallest absolute Gasteiger partial charge is 0.159 e. The van der Waals surface area contributed by atoms with Crippen LogP contribution in [0.2, 0.25) is 5.02 Å². The van der Waals surface area contributed by atoms with E-state index >= 15 is 0 Å². The normalized spacial score (nSPS) is 17.3. The number of hydrogen-bond donors (Lipinski definition) is 1. The number of nitrogens with one attached hydrogen (secondary N) is 1. The number of carbonyl (C=O) groups is 1. The molecule has 1 unspecified atom stereocenters. The highest BCUT2D eigenvalue weighted by Crippen LogP contribution is 2.47. The summed E-state index contributed by atoms with van der Waals surface area (Å²) in [4.78, 5) is 13.2. The number of Topliss-reactive ketones (excluding diaryl/α,β-unsaturated/α-hetero) is 1. The number of rotatable bonds is 2. The Kier molecular flexibility index (Phi) is 4.46. The van der Waals surface area contributed by atoms with Crippen LogP contribution in [-0.2, 0) is 4.79 Å². The van der Waals surface area contributed by atoms with Gasteiger partial charge >= 0.3 is 0 Å². The second kappa shape index (κ2) is 6.38. The molecule has 3 rings (SSSR count). The van der Waals surface area contributed by atoms with Gasteiger partial charge in [0.05, 0.1) is 10.9 Å². The van der Waals surface area contributed by atoms with Crippen molar-refractivity contribution >= 4 is 34.8 Å². The molecule has 2 aromatic rings. The van der Waals surface area contributed by atoms with Gasteiger partial charge in [0.15, 0.2) is 5.78 Å². The molecule has 23 heavy (non-hydrogen) atoms. The second-order valence-corrected chi connectivity index (χ2v) is 6.99. The van der Waals surface area contributed by atoms with Gasteiger partial charge < -0.3 is 5.32 Å². The third-order valence-corrected chi connectivity index (χ3v) is 5.32. The molecule has 5 heteroatoms. The highest BCUT2D eigenvalue weighted by atomic mass is 35.5. The van der Waals surface area contributed by atoms with Gasteiger partial charge in [-0.3, -0.25) is 4.79 Å². The van der Waals surface area contributed by atoms with E-state index in [4.69, 9.17) is 11.6 Å². The highest BCUT2D eigenvalue weighted by Gasteiger charge is 2.28. The van der Waals surface area contributed by atoms with E-state index in [1.165, 1.54) is 12.1 Å². The van der Waals surface area contributed by atoms with E-state index in [2.05, 4.69) is 5.32 Å². The van der Waals surface area contributed by atoms with E-state index in [1.54, 1.807) is 30.8 Å². The van der Waals surface area contributed by atoms with Crippen LogP contribution in [0, 0.1) is 5.82 Å². The molecule has 0 radical (unpaired) electrons. The van der Waals surface area contributed by atoms with Crippen molar-refractivity contribution in [3.05, 3.63) is 70.1 Å². The number of benzene rings is 2. The number of anilines is 1. The summed E-state index contributed by atoms with van der Waals surface area (Å²) in [6.45, 7) is 3.43. The topological polar surface area (TPSA) is 29.1 Å². The first-order valence-corrected chi connectivity index (χ1v) is 8.42. The number of halogens is 2. The van der Waals surface area contributed by atoms with Gasteiger partial charge in [-0.2, -0.15) is 0 Å². The van der Waals surface area contributed by atoms with Crippen molar-refractivity contribution in [3.63, 3.8) is 0 Å². The number of allylic oxidation sites excluding steroid dienone is 1. The summed E-state index contributed by atoms with van der Waals surface area (Å²) >= 11 is 7.64. The molecule has 0 bridgehead atoms. The fourth-order valence-corrected chi connectivity index (χ4v) is 4.24. The first kappa shape index (κ1) is 16.1. The van der Waals surface area contributed by atoms with Crippen LogP contribution >= 0.6 is 23.4 Å². The predicted octanol–water partition coefficient (Wildman–Crippen LogP) is 5.60. The second-order valence-electron chi connectivity index (χ2n) is 5.41. The van der Waals surface area contributed by atoms with E-state index in [-0.39, 0.29) is 16.9 Å². The van der Waals surface area contributed by atoms with Crippen LogP contribution in [0.1, 0.15) is 24.7 Å². The van der Waals surface area contributed by atoms with Crippen LogP contribution in [0.25, 0.3) is 0 Å². The molecule has 2 nitrogen and oxygen atoms in total. The molecule has 1 aliphatic heterocycles. The Hall–Kier alpha value is -1.78. The Morgan fingerprint density at radius 3 is 2.57 bits per heavy atom. The lowest BCUT2D eigenvalue weighted by atomic mass is 9.99. The van der Waals surface area contributed by atoms with Crippen molar-refractivity contribution in [1.29, 1.82) is 0 Å². The van der Waals surface area contributed by atoms with Crippen molar-refractivity contribution in [2.24, 2.45) is 0 Å². The minimum absolute atomic E-state index is 0.00396. The summed E-state index contributed by atoms with van der Waals surface area (Å²) in [5, 5.41) is 3.73. The molecular weight excluding hydrogens is 333 g/mol. The van der Waals surface area contributed by atoms with Gasteiger partial charge in [0.25, 0.3) is 0 Å². The predicted molar refractivity (Wildman–Crippen MR) is 93.5 cm³/mol. The molecule has 0 aliphatic carbocycles. The van der Waals surface area contributed by atoms with Crippen molar-refractivity contribution in [1.82, 2.24) is 0 Å². The van der Waals surface area contributed by atoms with Gasteiger partial charge in [0.1, 0.15) is 5.82 Å². The Morgan fingerprint density at radius 2 is 1.91 bits per heavy atom. The number of carbonyl (C=O) groups excluding carboxylic acids is 1. The third-order valence-electron chi connectivity index (χ3n) is 3.73. The van der Waals surface area contributed by atoms with Crippen molar-refractivity contribution < 1.29 is 9.18 Å². The number of fused-ring (bicyclic) bond motifs is 1. The van der Waals surface area contributed by atoms with Gasteiger partial charge in [-0.1, -0.05) is 23.7 Å². The van der Waals surface area contributed by atoms with Crippen molar-refractivity contribution in [2.75, 3.05) is 5.32 Å². The standard InChI is InChI=1S/C18H15ClFNOS/c1-10-17(11(2)22)18(12-3-6-14(20)7-4-12)23-16-8-5-13(19)9-15(16)21-10/h3-9,18,21H,1-2H3. The summed E-state index contributed by atoms with van der Waals surface area (Å²) in [5.74, 6) is -0.293. The molecule has 1 aliphatic rings. The van der Waals surface area contributed by atoms with E-state index in [1.807, 2.05) is 25.1 Å². The number of ketones is 1. The zero-order chi connectivity index (χ0) is 16.6. The lowest BCUT2D eigenvalue weighted by Crippen LogP contribution is -2.10. The zero-order valence-electron chi connectivity index (χ0n) is 12.7. The Balaban J connectivity index is 2.14. The molecule has 1 N–H and O–H groups in total. The molecule has 0 spiro atoms. The molecule has 1 heterocycles. The molecule has 118 valence electrons. The van der Waals surface area contributed by atoms with Crippen LogP contribution in [0.5, 0.6) is 0 Å². The minimum atomic E-state index is -0.289. The first-order valence-electron chi connectivity index (χ1n) is 7.16. The Bertz CT molecular complexity index is 801. The molecule has 0 fully saturated rings. The van der Waals surface area contributed by atoms with Gasteiger partial charge in [-0.25, -0.2) is 4.39 Å². The van der Waals surface area contributed by atoms with Crippen molar-refractivity contribution in [2.45, 2.75) is 24.0 Å². The average molecular weight is 348 g/mol. The van der Waals surface area contributed by atoms with Crippen molar-refractivity contribution in [3.8, 4) is 0 Å². The maximum atomic E-state index is 13.2. The Labute approximate surface area is 143 Å². The van der Waals surface area contributed by atoms with Crippen LogP contribution in [0.4, 0.5) is 10.1 Å². The Morgan fingerprint density at radius 1 is 1.22 bits per heavy atom. The first-order chi connectivity index (χ1) is 11.0. The van der Waals surface area contributed by atoms with Crippen LogP contribution in [0.15, 0.2) is 58.6 Å². The third kappa shape index (κ3) is 3.28. The van der Waals surface area contributed by atoms with Crippen LogP contribution in [-0.4, -0.2) is 5.78 Å². The average Bonchev–Trinajstić information content (AvgIpc) is 2.63. The molecule has 0 aromatic heterocycles. The maximum absolute atomic E-state index is 13.2. The molecule has 0 amide bonds. The summed E-state index contributed by atoms with van der Waals surface area (Å²) in [6.07, 6.45) is 0. The molecule has 0 saturated heterocycles. The van der Waals surface area contributed by atoms with E-state index in [0.29, 0.717) is 10.6 Å². The zero-order valence-corrected chi connectivity index (χ0v) is 14.3. The fraction of sp³-hybridized carbons (Fsp3) is 0.167. The molecule has 2 aromatic carbocycles. The lowest BCUT2D eigenvalue weighted by molar-refractivity contribution is -0.113. The maximum Gasteiger partial charge on any atom is 0.159 e. The number of thioether (sulfide) groups is 1. The van der Waals surface area contributed by atoms with E-state index in [9.17, 15) is 9.18 Å². The molecule has 1 atom stereocenters. The molecule has 0 saturated carbocycles. The van der Waals surface area contributed by atoms with Gasteiger partial charge in [-0.05, 0) is 49.7 Å². The number of hydrogen-bond acceptors (Lipinski definition) is 3. The summed E-state index contributed by atoms with van der Waals surface area (Å²) < 4.78 is 13.2. The summed E-state index contributed by atoms with van der Waals surface area (Å²) in [5.41, 5.74) is 3.25. The fourth-order valence-electron chi connectivity index (χ4n) is 2.68. The van der Waals surface area contributed by atoms with E-state index in [0.717, 1.165) is 21.8 Å². The highest BCUT2D eigenvalue weighted by molar-refractivity contribution is 8.00.